The fourth-order valence-electron chi connectivity index (χ4n) is 5.27. The number of aryl methyl sites for hydroxylation is 2. The monoisotopic (exact) mass is 525 g/mol. The largest absolute Gasteiger partial charge is 0.494 e. The van der Waals surface area contributed by atoms with Gasteiger partial charge in [0.2, 0.25) is 5.88 Å². The molecule has 0 fully saturated rings. The van der Waals surface area contributed by atoms with E-state index in [1.807, 2.05) is 56.4 Å². The summed E-state index contributed by atoms with van der Waals surface area (Å²) in [4.78, 5) is 21.9. The molecule has 3 aromatic heterocycles. The Morgan fingerprint density at radius 1 is 1.08 bits per heavy atom. The van der Waals surface area contributed by atoms with Crippen LogP contribution in [-0.4, -0.2) is 29.4 Å². The number of aromatic hydroxyl groups is 1. The number of hydrogen-bond acceptors (Lipinski definition) is 5. The maximum Gasteiger partial charge on any atom is 0.280 e. The number of halogens is 2. The number of pyridine rings is 1. The molecule has 1 N–H and O–H groups in total. The molecule has 1 aliphatic rings. The van der Waals surface area contributed by atoms with Crippen molar-refractivity contribution >= 4 is 0 Å². The zero-order valence-electron chi connectivity index (χ0n) is 21.4. The predicted octanol–water partition coefficient (Wildman–Crippen LogP) is 5.22. The predicted molar refractivity (Wildman–Crippen MR) is 142 cm³/mol. The van der Waals surface area contributed by atoms with Crippen molar-refractivity contribution in [2.24, 2.45) is 0 Å². The molecule has 0 bridgehead atoms. The summed E-state index contributed by atoms with van der Waals surface area (Å²) >= 11 is 0. The van der Waals surface area contributed by atoms with Gasteiger partial charge in [-0.05, 0) is 48.7 Å². The highest BCUT2D eigenvalue weighted by Gasteiger charge is 2.33. The summed E-state index contributed by atoms with van der Waals surface area (Å²) in [5.41, 5.74) is 4.81. The Balaban J connectivity index is 1.45. The van der Waals surface area contributed by atoms with Crippen LogP contribution in [0.25, 0.3) is 22.6 Å². The Labute approximate surface area is 223 Å². The zero-order valence-corrected chi connectivity index (χ0v) is 21.4. The summed E-state index contributed by atoms with van der Waals surface area (Å²) < 4.78 is 31.6. The molecule has 0 radical (unpaired) electrons. The first-order chi connectivity index (χ1) is 18.8. The van der Waals surface area contributed by atoms with Gasteiger partial charge in [0.15, 0.2) is 5.82 Å². The number of benzene rings is 2. The molecule has 5 aromatic rings. The average Bonchev–Trinajstić information content (AvgIpc) is 3.34. The average molecular weight is 526 g/mol. The van der Waals surface area contributed by atoms with Gasteiger partial charge < -0.3 is 5.11 Å². The molecule has 1 atom stereocenters. The highest BCUT2D eigenvalue weighted by molar-refractivity contribution is 5.66. The Morgan fingerprint density at radius 2 is 1.82 bits per heavy atom. The molecule has 0 saturated carbocycles. The second-order valence-corrected chi connectivity index (χ2v) is 9.70. The zero-order chi connectivity index (χ0) is 27.3. The number of aromatic nitrogens is 5. The van der Waals surface area contributed by atoms with E-state index in [4.69, 9.17) is 0 Å². The van der Waals surface area contributed by atoms with Gasteiger partial charge in [-0.25, -0.2) is 8.78 Å². The maximum absolute atomic E-state index is 14.2. The number of fused-ring (bicyclic) bond motifs is 3. The fraction of sp³-hybridized carbons (Fsp3) is 0.200. The van der Waals surface area contributed by atoms with Gasteiger partial charge in [0.1, 0.15) is 17.3 Å². The first kappa shape index (κ1) is 24.7. The van der Waals surface area contributed by atoms with Gasteiger partial charge in [0, 0.05) is 54.7 Å². The first-order valence-corrected chi connectivity index (χ1v) is 12.7. The van der Waals surface area contributed by atoms with Crippen LogP contribution in [-0.2, 0) is 19.4 Å². The van der Waals surface area contributed by atoms with Gasteiger partial charge in [0.05, 0.1) is 11.6 Å². The van der Waals surface area contributed by atoms with E-state index in [0.29, 0.717) is 24.2 Å². The van der Waals surface area contributed by atoms with Gasteiger partial charge in [-0.1, -0.05) is 30.3 Å². The summed E-state index contributed by atoms with van der Waals surface area (Å²) in [7, 11) is 0. The molecule has 2 aromatic carbocycles. The molecular weight excluding hydrogens is 500 g/mol. The Kier molecular flexibility index (Phi) is 6.06. The van der Waals surface area contributed by atoms with Crippen molar-refractivity contribution in [3.8, 4) is 28.5 Å². The van der Waals surface area contributed by atoms with E-state index in [0.717, 1.165) is 34.0 Å². The van der Waals surface area contributed by atoms with Crippen molar-refractivity contribution in [2.75, 3.05) is 0 Å². The fourth-order valence-corrected chi connectivity index (χ4v) is 5.27. The van der Waals surface area contributed by atoms with Crippen molar-refractivity contribution in [1.29, 1.82) is 0 Å². The second kappa shape index (κ2) is 9.58. The minimum absolute atomic E-state index is 0.101. The van der Waals surface area contributed by atoms with E-state index in [1.54, 1.807) is 10.9 Å². The summed E-state index contributed by atoms with van der Waals surface area (Å²) in [6.45, 7) is 4.46. The van der Waals surface area contributed by atoms with Crippen LogP contribution in [0, 0.1) is 18.6 Å². The molecule has 4 heterocycles. The molecule has 196 valence electrons. The van der Waals surface area contributed by atoms with Gasteiger partial charge in [-0.3, -0.25) is 19.0 Å². The molecule has 0 amide bonds. The molecule has 9 heteroatoms. The van der Waals surface area contributed by atoms with Crippen molar-refractivity contribution in [3.05, 3.63) is 117 Å². The molecule has 0 saturated heterocycles. The standard InChI is InChI=1S/C30H25F2N5O2/c1-3-36-16-21-14-26(20-12-22(31)15-23(32)13-20)37-28(27(21)35-36)34-29(38)25(30(37)39)11-18-6-8-19(9-7-18)24-5-4-10-33-17(24)2/h4-10,12-13,15-16,26,39H,3,11,14H2,1-2H3/t26-/m0/s1. The van der Waals surface area contributed by atoms with Gasteiger partial charge in [0.25, 0.3) is 5.56 Å². The molecule has 7 nitrogen and oxygen atoms in total. The highest BCUT2D eigenvalue weighted by atomic mass is 19.1. The summed E-state index contributed by atoms with van der Waals surface area (Å²) in [6, 6.07) is 14.2. The van der Waals surface area contributed by atoms with Crippen LogP contribution in [0.4, 0.5) is 8.78 Å². The summed E-state index contributed by atoms with van der Waals surface area (Å²) in [5.74, 6) is -1.56. The van der Waals surface area contributed by atoms with E-state index in [-0.39, 0.29) is 23.7 Å². The minimum Gasteiger partial charge on any atom is -0.494 e. The van der Waals surface area contributed by atoms with Crippen LogP contribution < -0.4 is 5.56 Å². The molecule has 1 aliphatic heterocycles. The maximum atomic E-state index is 14.2. The van der Waals surface area contributed by atoms with Gasteiger partial charge in [-0.2, -0.15) is 10.1 Å². The first-order valence-electron chi connectivity index (χ1n) is 12.7. The Hall–Kier alpha value is -4.66. The number of nitrogens with zero attached hydrogens (tertiary/aromatic N) is 5. The summed E-state index contributed by atoms with van der Waals surface area (Å²) in [6.07, 6.45) is 4.03. The van der Waals surface area contributed by atoms with Gasteiger partial charge >= 0.3 is 0 Å². The van der Waals surface area contributed by atoms with Crippen LogP contribution in [0.1, 0.15) is 40.9 Å². The quantitative estimate of drug-likeness (QED) is 0.340. The minimum atomic E-state index is -0.723. The van der Waals surface area contributed by atoms with E-state index >= 15 is 0 Å². The van der Waals surface area contributed by atoms with Crippen LogP contribution in [0.15, 0.2) is 71.8 Å². The topological polar surface area (TPSA) is 85.8 Å². The normalized spacial score (nSPS) is 14.2. The molecular formula is C30H25F2N5O2. The lowest BCUT2D eigenvalue weighted by Crippen LogP contribution is -2.28. The molecule has 0 spiro atoms. The molecule has 39 heavy (non-hydrogen) atoms. The van der Waals surface area contributed by atoms with E-state index in [1.165, 1.54) is 16.7 Å². The van der Waals surface area contributed by atoms with Crippen LogP contribution in [0.3, 0.4) is 0 Å². The lowest BCUT2D eigenvalue weighted by atomic mass is 9.94. The molecule has 0 aliphatic carbocycles. The van der Waals surface area contributed by atoms with Crippen LogP contribution >= 0.6 is 0 Å². The smallest absolute Gasteiger partial charge is 0.280 e. The SMILES string of the molecule is CCn1cc2c(n1)-c1nc(=O)c(Cc3ccc(-c4cccnc4C)cc3)c(O)n1[C@H](c1cc(F)cc(F)c1)C2. The lowest BCUT2D eigenvalue weighted by Gasteiger charge is -2.29. The van der Waals surface area contributed by atoms with E-state index < -0.39 is 23.2 Å². The van der Waals surface area contributed by atoms with E-state index in [9.17, 15) is 18.7 Å². The third-order valence-electron chi connectivity index (χ3n) is 7.21. The third kappa shape index (κ3) is 4.39. The number of rotatable bonds is 5. The van der Waals surface area contributed by atoms with Crippen molar-refractivity contribution in [2.45, 2.75) is 39.3 Å². The van der Waals surface area contributed by atoms with Crippen molar-refractivity contribution in [3.63, 3.8) is 0 Å². The number of hydrogen-bond donors (Lipinski definition) is 1. The van der Waals surface area contributed by atoms with Crippen molar-refractivity contribution in [1.82, 2.24) is 24.3 Å². The highest BCUT2D eigenvalue weighted by Crippen LogP contribution is 2.40. The Morgan fingerprint density at radius 3 is 2.51 bits per heavy atom. The van der Waals surface area contributed by atoms with E-state index in [2.05, 4.69) is 15.1 Å². The van der Waals surface area contributed by atoms with Crippen LogP contribution in [0.5, 0.6) is 5.88 Å². The molecule has 6 rings (SSSR count). The lowest BCUT2D eigenvalue weighted by molar-refractivity contribution is 0.380. The third-order valence-corrected chi connectivity index (χ3v) is 7.21. The summed E-state index contributed by atoms with van der Waals surface area (Å²) in [5, 5.41) is 16.0. The molecule has 0 unspecified atom stereocenters. The van der Waals surface area contributed by atoms with Crippen LogP contribution in [0.2, 0.25) is 0 Å². The second-order valence-electron chi connectivity index (χ2n) is 9.70. The Bertz CT molecular complexity index is 1760. The van der Waals surface area contributed by atoms with Crippen molar-refractivity contribution < 1.29 is 13.9 Å². The van der Waals surface area contributed by atoms with Gasteiger partial charge in [-0.15, -0.1) is 0 Å².